The van der Waals surface area contributed by atoms with Gasteiger partial charge in [0.15, 0.2) is 0 Å². The Labute approximate surface area is 104 Å². The van der Waals surface area contributed by atoms with Crippen molar-refractivity contribution in [1.29, 1.82) is 0 Å². The number of alkyl halides is 3. The number of nitrogens with one attached hydrogen (secondary N) is 1. The minimum atomic E-state index is -4.46. The summed E-state index contributed by atoms with van der Waals surface area (Å²) in [6.45, 7) is 3.63. The van der Waals surface area contributed by atoms with Crippen LogP contribution in [0.3, 0.4) is 0 Å². The fourth-order valence-electron chi connectivity index (χ4n) is 1.66. The van der Waals surface area contributed by atoms with E-state index in [4.69, 9.17) is 0 Å². The third kappa shape index (κ3) is 3.75. The Hall–Kier alpha value is -1.52. The molecule has 0 aromatic heterocycles. The smallest absolute Gasteiger partial charge is 0.325 e. The van der Waals surface area contributed by atoms with Crippen molar-refractivity contribution in [2.45, 2.75) is 32.9 Å². The van der Waals surface area contributed by atoms with Crippen molar-refractivity contribution in [2.24, 2.45) is 5.92 Å². The van der Waals surface area contributed by atoms with Gasteiger partial charge in [-0.1, -0.05) is 32.4 Å². The summed E-state index contributed by atoms with van der Waals surface area (Å²) in [5, 5.41) is 2.34. The van der Waals surface area contributed by atoms with Gasteiger partial charge < -0.3 is 5.32 Å². The molecule has 0 aliphatic heterocycles. The second-order valence-electron chi connectivity index (χ2n) is 4.22. The molecule has 1 amide bonds. The Morgan fingerprint density at radius 2 is 1.94 bits per heavy atom. The van der Waals surface area contributed by atoms with Gasteiger partial charge in [0.2, 0.25) is 5.91 Å². The molecule has 1 N–H and O–H groups in total. The Morgan fingerprint density at radius 3 is 2.50 bits per heavy atom. The van der Waals surface area contributed by atoms with Gasteiger partial charge in [0.25, 0.3) is 0 Å². The SMILES string of the molecule is CCC[C@H](C)C(=O)Nc1ccccc1C(F)(F)F. The standard InChI is InChI=1S/C13H16F3NO/c1-3-6-9(2)12(18)17-11-8-5-4-7-10(11)13(14,15)16/h4-5,7-9H,3,6H2,1-2H3,(H,17,18)/t9-/m0/s1. The lowest BCUT2D eigenvalue weighted by Gasteiger charge is -2.15. The molecule has 0 spiro atoms. The molecule has 0 aliphatic carbocycles. The van der Waals surface area contributed by atoms with Gasteiger partial charge >= 0.3 is 6.18 Å². The van der Waals surface area contributed by atoms with Gasteiger partial charge in [-0.15, -0.1) is 0 Å². The Balaban J connectivity index is 2.88. The maximum Gasteiger partial charge on any atom is 0.418 e. The molecule has 0 fully saturated rings. The number of rotatable bonds is 4. The molecule has 5 heteroatoms. The summed E-state index contributed by atoms with van der Waals surface area (Å²) >= 11 is 0. The number of benzene rings is 1. The van der Waals surface area contributed by atoms with Crippen LogP contribution in [0.5, 0.6) is 0 Å². The fraction of sp³-hybridized carbons (Fsp3) is 0.462. The molecule has 0 saturated carbocycles. The zero-order valence-corrected chi connectivity index (χ0v) is 10.3. The van der Waals surface area contributed by atoms with Crippen molar-refractivity contribution in [1.82, 2.24) is 0 Å². The van der Waals surface area contributed by atoms with Crippen molar-refractivity contribution < 1.29 is 18.0 Å². The average Bonchev–Trinajstić information content (AvgIpc) is 2.28. The van der Waals surface area contributed by atoms with Crippen molar-refractivity contribution in [3.63, 3.8) is 0 Å². The normalized spacial score (nSPS) is 13.2. The van der Waals surface area contributed by atoms with Gasteiger partial charge in [0.1, 0.15) is 0 Å². The number of para-hydroxylation sites is 1. The zero-order valence-electron chi connectivity index (χ0n) is 10.3. The first-order valence-electron chi connectivity index (χ1n) is 5.83. The first-order chi connectivity index (χ1) is 8.36. The molecular weight excluding hydrogens is 243 g/mol. The lowest BCUT2D eigenvalue weighted by atomic mass is 10.0. The third-order valence-electron chi connectivity index (χ3n) is 2.66. The molecule has 0 radical (unpaired) electrons. The van der Waals surface area contributed by atoms with Gasteiger partial charge in [-0.05, 0) is 18.6 Å². The highest BCUT2D eigenvalue weighted by molar-refractivity contribution is 5.93. The topological polar surface area (TPSA) is 29.1 Å². The molecule has 0 heterocycles. The van der Waals surface area contributed by atoms with E-state index in [1.165, 1.54) is 18.2 Å². The maximum absolute atomic E-state index is 12.7. The van der Waals surface area contributed by atoms with Gasteiger partial charge in [-0.3, -0.25) is 4.79 Å². The summed E-state index contributed by atoms with van der Waals surface area (Å²) in [6.07, 6.45) is -2.99. The molecule has 2 nitrogen and oxygen atoms in total. The molecule has 100 valence electrons. The van der Waals surface area contributed by atoms with Crippen LogP contribution in [0.15, 0.2) is 24.3 Å². The van der Waals surface area contributed by atoms with Crippen LogP contribution in [-0.4, -0.2) is 5.91 Å². The van der Waals surface area contributed by atoms with Crippen molar-refractivity contribution in [2.75, 3.05) is 5.32 Å². The predicted octanol–water partition coefficient (Wildman–Crippen LogP) is 4.08. The largest absolute Gasteiger partial charge is 0.418 e. The second kappa shape index (κ2) is 5.89. The number of carbonyl (C=O) groups excluding carboxylic acids is 1. The molecule has 0 saturated heterocycles. The molecule has 0 aliphatic rings. The highest BCUT2D eigenvalue weighted by atomic mass is 19.4. The van der Waals surface area contributed by atoms with E-state index in [0.717, 1.165) is 12.5 Å². The van der Waals surface area contributed by atoms with E-state index in [0.29, 0.717) is 6.42 Å². The van der Waals surface area contributed by atoms with Crippen LogP contribution in [0, 0.1) is 5.92 Å². The number of carbonyl (C=O) groups is 1. The average molecular weight is 259 g/mol. The summed E-state index contributed by atoms with van der Waals surface area (Å²) in [5.74, 6) is -0.676. The highest BCUT2D eigenvalue weighted by Gasteiger charge is 2.33. The molecule has 18 heavy (non-hydrogen) atoms. The van der Waals surface area contributed by atoms with Crippen LogP contribution in [0.1, 0.15) is 32.3 Å². The van der Waals surface area contributed by atoms with Crippen LogP contribution in [0.4, 0.5) is 18.9 Å². The fourth-order valence-corrected chi connectivity index (χ4v) is 1.66. The number of amides is 1. The molecule has 1 aromatic carbocycles. The van der Waals surface area contributed by atoms with Crippen LogP contribution < -0.4 is 5.32 Å². The summed E-state index contributed by atoms with van der Waals surface area (Å²) < 4.78 is 38.1. The predicted molar refractivity (Wildman–Crippen MR) is 64.1 cm³/mol. The summed E-state index contributed by atoms with van der Waals surface area (Å²) in [5.41, 5.74) is -1.000. The number of hydrogen-bond donors (Lipinski definition) is 1. The van der Waals surface area contributed by atoms with E-state index in [1.807, 2.05) is 6.92 Å². The van der Waals surface area contributed by atoms with E-state index in [1.54, 1.807) is 6.92 Å². The van der Waals surface area contributed by atoms with E-state index >= 15 is 0 Å². The molecule has 1 rings (SSSR count). The highest BCUT2D eigenvalue weighted by Crippen LogP contribution is 2.34. The molecule has 1 aromatic rings. The zero-order chi connectivity index (χ0) is 13.8. The lowest BCUT2D eigenvalue weighted by Crippen LogP contribution is -2.22. The van der Waals surface area contributed by atoms with E-state index in [2.05, 4.69) is 5.32 Å². The monoisotopic (exact) mass is 259 g/mol. The van der Waals surface area contributed by atoms with Crippen LogP contribution in [-0.2, 0) is 11.0 Å². The first-order valence-corrected chi connectivity index (χ1v) is 5.83. The molecule has 1 atom stereocenters. The summed E-state index contributed by atoms with van der Waals surface area (Å²) in [6, 6.07) is 4.99. The molecular formula is C13H16F3NO. The Morgan fingerprint density at radius 1 is 1.33 bits per heavy atom. The first kappa shape index (κ1) is 14.5. The maximum atomic E-state index is 12.7. The number of anilines is 1. The third-order valence-corrected chi connectivity index (χ3v) is 2.66. The van der Waals surface area contributed by atoms with Gasteiger partial charge in [0.05, 0.1) is 11.3 Å². The van der Waals surface area contributed by atoms with Gasteiger partial charge in [-0.2, -0.15) is 13.2 Å². The summed E-state index contributed by atoms with van der Waals surface area (Å²) in [4.78, 5) is 11.7. The van der Waals surface area contributed by atoms with Gasteiger partial charge in [-0.25, -0.2) is 0 Å². The summed E-state index contributed by atoms with van der Waals surface area (Å²) in [7, 11) is 0. The minimum Gasteiger partial charge on any atom is -0.325 e. The quantitative estimate of drug-likeness (QED) is 0.867. The molecule has 0 bridgehead atoms. The lowest BCUT2D eigenvalue weighted by molar-refractivity contribution is -0.137. The van der Waals surface area contributed by atoms with Gasteiger partial charge in [0, 0.05) is 5.92 Å². The van der Waals surface area contributed by atoms with E-state index in [-0.39, 0.29) is 17.5 Å². The van der Waals surface area contributed by atoms with Crippen molar-refractivity contribution >= 4 is 11.6 Å². The molecule has 0 unspecified atom stereocenters. The van der Waals surface area contributed by atoms with Crippen molar-refractivity contribution in [3.05, 3.63) is 29.8 Å². The van der Waals surface area contributed by atoms with Crippen LogP contribution in [0.2, 0.25) is 0 Å². The van der Waals surface area contributed by atoms with Crippen molar-refractivity contribution in [3.8, 4) is 0 Å². The van der Waals surface area contributed by atoms with E-state index in [9.17, 15) is 18.0 Å². The Bertz CT molecular complexity index is 415. The van der Waals surface area contributed by atoms with Crippen LogP contribution >= 0.6 is 0 Å². The number of halogens is 3. The minimum absolute atomic E-state index is 0.182. The van der Waals surface area contributed by atoms with Crippen LogP contribution in [0.25, 0.3) is 0 Å². The second-order valence-corrected chi connectivity index (χ2v) is 4.22. The Kier molecular flexibility index (Phi) is 4.76. The van der Waals surface area contributed by atoms with E-state index < -0.39 is 11.7 Å². The number of hydrogen-bond acceptors (Lipinski definition) is 1.